The van der Waals surface area contributed by atoms with Gasteiger partial charge in [-0.2, -0.15) is 0 Å². The summed E-state index contributed by atoms with van der Waals surface area (Å²) in [5, 5.41) is 3.29. The van der Waals surface area contributed by atoms with Crippen molar-refractivity contribution in [3.63, 3.8) is 0 Å². The second-order valence-electron chi connectivity index (χ2n) is 5.29. The standard InChI is InChI=1S/C16H18N2O2S/c1-12-7-9-14(10-8-12)21(19,20)18-15-6-2-4-13-5-3-11-17-16(13)15/h2,4,6-10,17-18H,3,5,11H2,1H3. The van der Waals surface area contributed by atoms with Crippen molar-refractivity contribution >= 4 is 21.4 Å². The highest BCUT2D eigenvalue weighted by molar-refractivity contribution is 7.92. The molecule has 4 nitrogen and oxygen atoms in total. The summed E-state index contributed by atoms with van der Waals surface area (Å²) in [7, 11) is -3.55. The minimum Gasteiger partial charge on any atom is -0.383 e. The minimum atomic E-state index is -3.55. The van der Waals surface area contributed by atoms with Crippen LogP contribution in [0.15, 0.2) is 47.4 Å². The number of hydrogen-bond donors (Lipinski definition) is 2. The molecule has 0 radical (unpaired) electrons. The number of benzene rings is 2. The van der Waals surface area contributed by atoms with Crippen LogP contribution in [0.5, 0.6) is 0 Å². The van der Waals surface area contributed by atoms with Crippen molar-refractivity contribution in [2.75, 3.05) is 16.6 Å². The van der Waals surface area contributed by atoms with E-state index in [2.05, 4.69) is 10.0 Å². The van der Waals surface area contributed by atoms with E-state index in [4.69, 9.17) is 0 Å². The van der Waals surface area contributed by atoms with Gasteiger partial charge in [0.1, 0.15) is 0 Å². The Hall–Kier alpha value is -2.01. The Morgan fingerprint density at radius 1 is 1.10 bits per heavy atom. The van der Waals surface area contributed by atoms with Gasteiger partial charge in [0, 0.05) is 6.54 Å². The number of rotatable bonds is 3. The summed E-state index contributed by atoms with van der Waals surface area (Å²) < 4.78 is 27.6. The van der Waals surface area contributed by atoms with Gasteiger partial charge >= 0.3 is 0 Å². The molecule has 21 heavy (non-hydrogen) atoms. The van der Waals surface area contributed by atoms with Crippen molar-refractivity contribution in [1.82, 2.24) is 0 Å². The van der Waals surface area contributed by atoms with Crippen LogP contribution < -0.4 is 10.0 Å². The van der Waals surface area contributed by atoms with E-state index in [9.17, 15) is 8.42 Å². The maximum Gasteiger partial charge on any atom is 0.261 e. The Bertz CT molecular complexity index is 752. The molecule has 0 aliphatic carbocycles. The van der Waals surface area contributed by atoms with Crippen LogP contribution in [0.3, 0.4) is 0 Å². The summed E-state index contributed by atoms with van der Waals surface area (Å²) in [5.74, 6) is 0. The number of anilines is 2. The zero-order valence-electron chi connectivity index (χ0n) is 11.9. The van der Waals surface area contributed by atoms with Crippen LogP contribution >= 0.6 is 0 Å². The Labute approximate surface area is 125 Å². The monoisotopic (exact) mass is 302 g/mol. The van der Waals surface area contributed by atoms with E-state index in [1.165, 1.54) is 0 Å². The highest BCUT2D eigenvalue weighted by Crippen LogP contribution is 2.31. The number of aryl methyl sites for hydroxylation is 2. The number of para-hydroxylation sites is 1. The summed E-state index contributed by atoms with van der Waals surface area (Å²) in [6.07, 6.45) is 2.05. The van der Waals surface area contributed by atoms with E-state index in [0.717, 1.165) is 36.2 Å². The molecule has 0 atom stereocenters. The first-order chi connectivity index (χ1) is 10.1. The molecular weight excluding hydrogens is 284 g/mol. The molecule has 0 spiro atoms. The molecular formula is C16H18N2O2S. The first-order valence-electron chi connectivity index (χ1n) is 7.01. The van der Waals surface area contributed by atoms with E-state index >= 15 is 0 Å². The lowest BCUT2D eigenvalue weighted by atomic mass is 10.0. The molecule has 2 aromatic rings. The van der Waals surface area contributed by atoms with E-state index in [1.54, 1.807) is 30.3 Å². The molecule has 0 aromatic heterocycles. The number of nitrogens with one attached hydrogen (secondary N) is 2. The summed E-state index contributed by atoms with van der Waals surface area (Å²) in [5.41, 5.74) is 3.71. The molecule has 1 heterocycles. The van der Waals surface area contributed by atoms with Gasteiger partial charge in [-0.05, 0) is 43.5 Å². The second kappa shape index (κ2) is 5.41. The molecule has 1 aliphatic heterocycles. The highest BCUT2D eigenvalue weighted by Gasteiger charge is 2.18. The Kier molecular flexibility index (Phi) is 3.59. The average molecular weight is 302 g/mol. The van der Waals surface area contributed by atoms with Crippen molar-refractivity contribution in [1.29, 1.82) is 0 Å². The van der Waals surface area contributed by atoms with Gasteiger partial charge < -0.3 is 5.32 Å². The molecule has 1 aliphatic rings. The van der Waals surface area contributed by atoms with Crippen LogP contribution in [-0.4, -0.2) is 15.0 Å². The zero-order chi connectivity index (χ0) is 14.9. The molecule has 0 saturated carbocycles. The fourth-order valence-electron chi connectivity index (χ4n) is 2.52. The quantitative estimate of drug-likeness (QED) is 0.915. The van der Waals surface area contributed by atoms with E-state index in [1.807, 2.05) is 19.1 Å². The third kappa shape index (κ3) is 2.88. The first kappa shape index (κ1) is 13.9. The molecule has 2 N–H and O–H groups in total. The van der Waals surface area contributed by atoms with Crippen LogP contribution in [-0.2, 0) is 16.4 Å². The maximum absolute atomic E-state index is 12.5. The second-order valence-corrected chi connectivity index (χ2v) is 6.97. The SMILES string of the molecule is Cc1ccc(S(=O)(=O)Nc2cccc3c2NCCC3)cc1. The summed E-state index contributed by atoms with van der Waals surface area (Å²) in [6, 6.07) is 12.6. The fraction of sp³-hybridized carbons (Fsp3) is 0.250. The molecule has 5 heteroatoms. The van der Waals surface area contributed by atoms with Crippen LogP contribution in [0.4, 0.5) is 11.4 Å². The Balaban J connectivity index is 1.94. The lowest BCUT2D eigenvalue weighted by molar-refractivity contribution is 0.601. The van der Waals surface area contributed by atoms with Crippen molar-refractivity contribution in [3.05, 3.63) is 53.6 Å². The average Bonchev–Trinajstić information content (AvgIpc) is 2.48. The van der Waals surface area contributed by atoms with E-state index in [0.29, 0.717) is 5.69 Å². The largest absolute Gasteiger partial charge is 0.383 e. The Morgan fingerprint density at radius 3 is 2.62 bits per heavy atom. The molecule has 110 valence electrons. The molecule has 3 rings (SSSR count). The van der Waals surface area contributed by atoms with Gasteiger partial charge in [-0.25, -0.2) is 8.42 Å². The van der Waals surface area contributed by atoms with Crippen LogP contribution in [0, 0.1) is 6.92 Å². The topological polar surface area (TPSA) is 58.2 Å². The summed E-state index contributed by atoms with van der Waals surface area (Å²) in [4.78, 5) is 0.279. The lowest BCUT2D eigenvalue weighted by Gasteiger charge is -2.21. The Morgan fingerprint density at radius 2 is 1.86 bits per heavy atom. The van der Waals surface area contributed by atoms with Gasteiger partial charge in [0.25, 0.3) is 10.0 Å². The third-order valence-electron chi connectivity index (χ3n) is 3.65. The maximum atomic E-state index is 12.5. The van der Waals surface area contributed by atoms with Gasteiger partial charge in [0.2, 0.25) is 0 Å². The van der Waals surface area contributed by atoms with Gasteiger partial charge in [-0.15, -0.1) is 0 Å². The molecule has 0 fully saturated rings. The molecule has 0 bridgehead atoms. The molecule has 0 unspecified atom stereocenters. The van der Waals surface area contributed by atoms with Crippen LogP contribution in [0.1, 0.15) is 17.5 Å². The lowest BCUT2D eigenvalue weighted by Crippen LogP contribution is -2.18. The molecule has 2 aromatic carbocycles. The number of sulfonamides is 1. The van der Waals surface area contributed by atoms with Crippen molar-refractivity contribution in [2.24, 2.45) is 0 Å². The van der Waals surface area contributed by atoms with Gasteiger partial charge in [-0.3, -0.25) is 4.72 Å². The predicted molar refractivity (Wildman–Crippen MR) is 85.2 cm³/mol. The first-order valence-corrected chi connectivity index (χ1v) is 8.50. The summed E-state index contributed by atoms with van der Waals surface area (Å²) >= 11 is 0. The highest BCUT2D eigenvalue weighted by atomic mass is 32.2. The van der Waals surface area contributed by atoms with Gasteiger partial charge in [0.05, 0.1) is 16.3 Å². The fourth-order valence-corrected chi connectivity index (χ4v) is 3.59. The zero-order valence-corrected chi connectivity index (χ0v) is 12.7. The van der Waals surface area contributed by atoms with Crippen LogP contribution in [0.25, 0.3) is 0 Å². The van der Waals surface area contributed by atoms with E-state index < -0.39 is 10.0 Å². The number of fused-ring (bicyclic) bond motifs is 1. The minimum absolute atomic E-state index is 0.279. The van der Waals surface area contributed by atoms with Gasteiger partial charge in [-0.1, -0.05) is 29.8 Å². The number of hydrogen-bond acceptors (Lipinski definition) is 3. The van der Waals surface area contributed by atoms with Gasteiger partial charge in [0.15, 0.2) is 0 Å². The van der Waals surface area contributed by atoms with Crippen molar-refractivity contribution < 1.29 is 8.42 Å². The third-order valence-corrected chi connectivity index (χ3v) is 5.03. The molecule has 0 saturated heterocycles. The smallest absolute Gasteiger partial charge is 0.261 e. The summed E-state index contributed by atoms with van der Waals surface area (Å²) in [6.45, 7) is 2.80. The van der Waals surface area contributed by atoms with E-state index in [-0.39, 0.29) is 4.90 Å². The van der Waals surface area contributed by atoms with Crippen molar-refractivity contribution in [2.45, 2.75) is 24.7 Å². The normalized spacial score (nSPS) is 14.1. The van der Waals surface area contributed by atoms with Crippen LogP contribution in [0.2, 0.25) is 0 Å². The predicted octanol–water partition coefficient (Wildman–Crippen LogP) is 3.15. The molecule has 0 amide bonds. The van der Waals surface area contributed by atoms with Crippen molar-refractivity contribution in [3.8, 4) is 0 Å².